The number of aryl methyl sites for hydroxylation is 1. The molecular weight excluding hydrogens is 352 g/mol. The summed E-state index contributed by atoms with van der Waals surface area (Å²) < 4.78 is 11.1. The van der Waals surface area contributed by atoms with Crippen LogP contribution >= 0.6 is 0 Å². The van der Waals surface area contributed by atoms with E-state index in [0.29, 0.717) is 22.7 Å². The van der Waals surface area contributed by atoms with Crippen molar-refractivity contribution in [2.75, 3.05) is 5.32 Å². The number of nitrogens with zero attached hydrogens (tertiary/aromatic N) is 1. The Morgan fingerprint density at radius 2 is 1.79 bits per heavy atom. The van der Waals surface area contributed by atoms with Crippen molar-refractivity contribution in [3.05, 3.63) is 83.9 Å². The van der Waals surface area contributed by atoms with E-state index in [2.05, 4.69) is 29.4 Å². The van der Waals surface area contributed by atoms with Crippen LogP contribution < -0.4 is 5.32 Å². The molecule has 0 fully saturated rings. The minimum absolute atomic E-state index is 0.219. The van der Waals surface area contributed by atoms with Gasteiger partial charge in [0.2, 0.25) is 5.89 Å². The maximum absolute atomic E-state index is 12.0. The number of nitrogens with one attached hydrogen (secondary N) is 1. The van der Waals surface area contributed by atoms with Crippen LogP contribution in [0.4, 0.5) is 10.5 Å². The highest BCUT2D eigenvalue weighted by atomic mass is 16.5. The van der Waals surface area contributed by atoms with E-state index in [1.54, 1.807) is 18.2 Å². The van der Waals surface area contributed by atoms with Crippen molar-refractivity contribution >= 4 is 22.9 Å². The van der Waals surface area contributed by atoms with E-state index in [4.69, 9.17) is 9.15 Å². The normalized spacial score (nSPS) is 10.8. The molecule has 1 N–H and O–H groups in total. The Kier molecular flexibility index (Phi) is 5.06. The number of oxazole rings is 1. The van der Waals surface area contributed by atoms with Gasteiger partial charge in [0.05, 0.1) is 0 Å². The van der Waals surface area contributed by atoms with E-state index in [9.17, 15) is 4.79 Å². The van der Waals surface area contributed by atoms with Gasteiger partial charge in [-0.1, -0.05) is 49.4 Å². The third-order valence-corrected chi connectivity index (χ3v) is 4.46. The lowest BCUT2D eigenvalue weighted by molar-refractivity contribution is 0.155. The first-order valence-electron chi connectivity index (χ1n) is 9.19. The summed E-state index contributed by atoms with van der Waals surface area (Å²) in [4.78, 5) is 16.6. The molecule has 0 unspecified atom stereocenters. The van der Waals surface area contributed by atoms with Gasteiger partial charge in [-0.3, -0.25) is 5.32 Å². The highest BCUT2D eigenvalue weighted by Crippen LogP contribution is 2.26. The summed E-state index contributed by atoms with van der Waals surface area (Å²) in [6.45, 7) is 2.34. The molecule has 0 atom stereocenters. The number of hydrogen-bond acceptors (Lipinski definition) is 4. The lowest BCUT2D eigenvalue weighted by Crippen LogP contribution is -2.13. The van der Waals surface area contributed by atoms with Gasteiger partial charge >= 0.3 is 6.09 Å². The van der Waals surface area contributed by atoms with Crippen LogP contribution in [0.5, 0.6) is 0 Å². The summed E-state index contributed by atoms with van der Waals surface area (Å²) in [6, 6.07) is 23.0. The van der Waals surface area contributed by atoms with Crippen LogP contribution in [0.1, 0.15) is 18.1 Å². The average molecular weight is 372 g/mol. The third kappa shape index (κ3) is 4.04. The number of ether oxygens (including phenoxy) is 1. The average Bonchev–Trinajstić information content (AvgIpc) is 3.16. The fourth-order valence-electron chi connectivity index (χ4n) is 2.89. The van der Waals surface area contributed by atoms with Crippen LogP contribution in [-0.2, 0) is 17.8 Å². The minimum atomic E-state index is -0.512. The minimum Gasteiger partial charge on any atom is -0.444 e. The zero-order valence-corrected chi connectivity index (χ0v) is 15.5. The van der Waals surface area contributed by atoms with E-state index in [-0.39, 0.29) is 6.61 Å². The second-order valence-corrected chi connectivity index (χ2v) is 6.44. The smallest absolute Gasteiger partial charge is 0.411 e. The van der Waals surface area contributed by atoms with Gasteiger partial charge in [-0.05, 0) is 47.9 Å². The molecule has 5 nitrogen and oxygen atoms in total. The molecular formula is C23H20N2O3. The van der Waals surface area contributed by atoms with Crippen molar-refractivity contribution < 1.29 is 13.9 Å². The Bertz CT molecular complexity index is 1090. The lowest BCUT2D eigenvalue weighted by atomic mass is 10.1. The first kappa shape index (κ1) is 17.8. The predicted octanol–water partition coefficient (Wildman–Crippen LogP) is 5.81. The molecule has 0 saturated carbocycles. The summed E-state index contributed by atoms with van der Waals surface area (Å²) in [7, 11) is 0. The van der Waals surface area contributed by atoms with Crippen LogP contribution in [-0.4, -0.2) is 11.1 Å². The molecule has 1 aromatic heterocycles. The van der Waals surface area contributed by atoms with Crippen LogP contribution in [0.15, 0.2) is 77.2 Å². The Labute approximate surface area is 163 Å². The zero-order valence-electron chi connectivity index (χ0n) is 15.5. The number of aromatic nitrogens is 1. The molecule has 0 bridgehead atoms. The van der Waals surface area contributed by atoms with Gasteiger partial charge in [-0.15, -0.1) is 0 Å². The van der Waals surface area contributed by atoms with Crippen molar-refractivity contribution in [1.82, 2.24) is 4.98 Å². The maximum atomic E-state index is 12.0. The van der Waals surface area contributed by atoms with Gasteiger partial charge in [-0.25, -0.2) is 9.78 Å². The van der Waals surface area contributed by atoms with Crippen LogP contribution in [0.2, 0.25) is 0 Å². The van der Waals surface area contributed by atoms with E-state index in [1.165, 1.54) is 5.56 Å². The highest BCUT2D eigenvalue weighted by molar-refractivity contribution is 5.88. The Morgan fingerprint density at radius 3 is 2.54 bits per heavy atom. The first-order valence-corrected chi connectivity index (χ1v) is 9.19. The molecule has 5 heteroatoms. The molecule has 0 saturated heterocycles. The molecule has 0 spiro atoms. The van der Waals surface area contributed by atoms with Crippen molar-refractivity contribution in [2.24, 2.45) is 0 Å². The lowest BCUT2D eigenvalue weighted by Gasteiger charge is -2.06. The van der Waals surface area contributed by atoms with Crippen molar-refractivity contribution in [3.8, 4) is 11.5 Å². The largest absolute Gasteiger partial charge is 0.444 e. The molecule has 0 aliphatic carbocycles. The van der Waals surface area contributed by atoms with Crippen molar-refractivity contribution in [3.63, 3.8) is 0 Å². The number of rotatable bonds is 5. The van der Waals surface area contributed by atoms with E-state index >= 15 is 0 Å². The summed E-state index contributed by atoms with van der Waals surface area (Å²) in [5, 5.41) is 2.73. The summed E-state index contributed by atoms with van der Waals surface area (Å²) in [5.41, 5.74) is 5.06. The fraction of sp³-hybridized carbons (Fsp3) is 0.130. The van der Waals surface area contributed by atoms with Crippen molar-refractivity contribution in [1.29, 1.82) is 0 Å². The van der Waals surface area contributed by atoms with E-state index in [0.717, 1.165) is 17.5 Å². The van der Waals surface area contributed by atoms with Crippen LogP contribution in [0.25, 0.3) is 22.6 Å². The molecule has 140 valence electrons. The Morgan fingerprint density at radius 1 is 1.00 bits per heavy atom. The number of carbonyl (C=O) groups is 1. The standard InChI is InChI=1S/C23H20N2O3/c1-2-16-8-10-18(11-9-16)22-25-20-14-19(12-13-21(20)28-22)24-23(26)27-15-17-6-4-3-5-7-17/h3-14H,2,15H2,1H3,(H,24,26). The third-order valence-electron chi connectivity index (χ3n) is 4.46. The van der Waals surface area contributed by atoms with Gasteiger partial charge in [0.1, 0.15) is 12.1 Å². The molecule has 28 heavy (non-hydrogen) atoms. The highest BCUT2D eigenvalue weighted by Gasteiger charge is 2.10. The molecule has 1 heterocycles. The van der Waals surface area contributed by atoms with Gasteiger partial charge in [0.15, 0.2) is 5.58 Å². The zero-order chi connectivity index (χ0) is 19.3. The summed E-state index contributed by atoms with van der Waals surface area (Å²) in [6.07, 6.45) is 0.477. The Hall–Kier alpha value is -3.60. The molecule has 0 radical (unpaired) electrons. The quantitative estimate of drug-likeness (QED) is 0.480. The topological polar surface area (TPSA) is 64.4 Å². The molecule has 1 amide bonds. The fourth-order valence-corrected chi connectivity index (χ4v) is 2.89. The molecule has 4 rings (SSSR count). The number of carbonyl (C=O) groups excluding carboxylic acids is 1. The Balaban J connectivity index is 1.46. The maximum Gasteiger partial charge on any atom is 0.411 e. The van der Waals surface area contributed by atoms with E-state index in [1.807, 2.05) is 42.5 Å². The SMILES string of the molecule is CCc1ccc(-c2nc3cc(NC(=O)OCc4ccccc4)ccc3o2)cc1. The first-order chi connectivity index (χ1) is 13.7. The van der Waals surface area contributed by atoms with Gasteiger partial charge in [-0.2, -0.15) is 0 Å². The second-order valence-electron chi connectivity index (χ2n) is 6.44. The van der Waals surface area contributed by atoms with Crippen LogP contribution in [0.3, 0.4) is 0 Å². The number of fused-ring (bicyclic) bond motifs is 1. The molecule has 0 aliphatic heterocycles. The summed E-state index contributed by atoms with van der Waals surface area (Å²) >= 11 is 0. The summed E-state index contributed by atoms with van der Waals surface area (Å²) in [5.74, 6) is 0.557. The monoisotopic (exact) mass is 372 g/mol. The van der Waals surface area contributed by atoms with Crippen molar-refractivity contribution in [2.45, 2.75) is 20.0 Å². The molecule has 0 aliphatic rings. The van der Waals surface area contributed by atoms with Gasteiger partial charge in [0, 0.05) is 11.3 Å². The second kappa shape index (κ2) is 7.96. The van der Waals surface area contributed by atoms with Gasteiger partial charge < -0.3 is 9.15 Å². The number of benzene rings is 3. The molecule has 4 aromatic rings. The predicted molar refractivity (Wildman–Crippen MR) is 109 cm³/mol. The van der Waals surface area contributed by atoms with Gasteiger partial charge in [0.25, 0.3) is 0 Å². The molecule has 3 aromatic carbocycles. The van der Waals surface area contributed by atoms with E-state index < -0.39 is 6.09 Å². The number of hydrogen-bond donors (Lipinski definition) is 1. The number of amides is 1. The van der Waals surface area contributed by atoms with Crippen LogP contribution in [0, 0.1) is 0 Å². The number of anilines is 1.